The smallest absolute Gasteiger partial charge is 0.0404 e. The molecule has 0 saturated heterocycles. The standard InChI is InChI=1S/C11H17N/c1-6-10(4)11(12-5)8-7-9(2)3/h6-8,12H,1,4H2,2-3,5H3/b11-8+. The van der Waals surface area contributed by atoms with Gasteiger partial charge in [-0.2, -0.15) is 0 Å². The topological polar surface area (TPSA) is 12.0 Å². The molecule has 0 amide bonds. The molecule has 0 aliphatic rings. The van der Waals surface area contributed by atoms with Crippen LogP contribution < -0.4 is 5.32 Å². The molecule has 0 aromatic carbocycles. The molecular weight excluding hydrogens is 146 g/mol. The van der Waals surface area contributed by atoms with E-state index < -0.39 is 0 Å². The summed E-state index contributed by atoms with van der Waals surface area (Å²) in [5.74, 6) is 0. The third-order valence-corrected chi connectivity index (χ3v) is 1.45. The Morgan fingerprint density at radius 2 is 1.83 bits per heavy atom. The highest BCUT2D eigenvalue weighted by Gasteiger charge is 1.92. The van der Waals surface area contributed by atoms with Crippen LogP contribution in [0.4, 0.5) is 0 Å². The Bertz CT molecular complexity index is 227. The van der Waals surface area contributed by atoms with Gasteiger partial charge in [-0.15, -0.1) is 0 Å². The first kappa shape index (κ1) is 10.8. The SMILES string of the molecule is C=CC(=C)/C(=C\C=C(C)C)NC. The quantitative estimate of drug-likeness (QED) is 0.628. The van der Waals surface area contributed by atoms with E-state index in [1.54, 1.807) is 6.08 Å². The van der Waals surface area contributed by atoms with E-state index in [1.165, 1.54) is 5.57 Å². The van der Waals surface area contributed by atoms with Gasteiger partial charge >= 0.3 is 0 Å². The first-order valence-corrected chi connectivity index (χ1v) is 3.96. The second-order valence-electron chi connectivity index (χ2n) is 2.80. The first-order valence-electron chi connectivity index (χ1n) is 3.96. The molecule has 0 aliphatic carbocycles. The van der Waals surface area contributed by atoms with Gasteiger partial charge in [0.25, 0.3) is 0 Å². The zero-order chi connectivity index (χ0) is 9.56. The maximum absolute atomic E-state index is 3.84. The van der Waals surface area contributed by atoms with Gasteiger partial charge in [0.2, 0.25) is 0 Å². The normalized spacial score (nSPS) is 10.4. The third kappa shape index (κ3) is 3.81. The van der Waals surface area contributed by atoms with Crippen LogP contribution in [0.25, 0.3) is 0 Å². The first-order chi connectivity index (χ1) is 5.61. The predicted molar refractivity (Wildman–Crippen MR) is 55.9 cm³/mol. The van der Waals surface area contributed by atoms with Crippen molar-refractivity contribution in [3.05, 3.63) is 48.2 Å². The molecule has 0 aromatic rings. The van der Waals surface area contributed by atoms with Crippen LogP contribution in [0.1, 0.15) is 13.8 Å². The van der Waals surface area contributed by atoms with Crippen molar-refractivity contribution in [2.45, 2.75) is 13.8 Å². The molecule has 0 radical (unpaired) electrons. The van der Waals surface area contributed by atoms with Crippen LogP contribution in [-0.2, 0) is 0 Å². The maximum atomic E-state index is 3.84. The Hall–Kier alpha value is -1.24. The average Bonchev–Trinajstić information content (AvgIpc) is 2.04. The fourth-order valence-corrected chi connectivity index (χ4v) is 0.711. The van der Waals surface area contributed by atoms with Gasteiger partial charge in [-0.25, -0.2) is 0 Å². The van der Waals surface area contributed by atoms with Crippen LogP contribution >= 0.6 is 0 Å². The summed E-state index contributed by atoms with van der Waals surface area (Å²) in [7, 11) is 1.87. The van der Waals surface area contributed by atoms with E-state index in [2.05, 4.69) is 32.3 Å². The Kier molecular flexibility index (Phi) is 4.86. The molecule has 12 heavy (non-hydrogen) atoms. The summed E-state index contributed by atoms with van der Waals surface area (Å²) < 4.78 is 0. The second kappa shape index (κ2) is 5.42. The molecule has 1 heteroatoms. The van der Waals surface area contributed by atoms with Gasteiger partial charge in [0.05, 0.1) is 0 Å². The summed E-state index contributed by atoms with van der Waals surface area (Å²) in [4.78, 5) is 0. The highest BCUT2D eigenvalue weighted by Crippen LogP contribution is 2.05. The number of nitrogens with one attached hydrogen (secondary N) is 1. The van der Waals surface area contributed by atoms with Crippen molar-refractivity contribution in [2.75, 3.05) is 7.05 Å². The van der Waals surface area contributed by atoms with Crippen LogP contribution in [0, 0.1) is 0 Å². The van der Waals surface area contributed by atoms with Crippen molar-refractivity contribution < 1.29 is 0 Å². The van der Waals surface area contributed by atoms with Crippen molar-refractivity contribution in [2.24, 2.45) is 0 Å². The van der Waals surface area contributed by atoms with Crippen molar-refractivity contribution in [1.29, 1.82) is 0 Å². The van der Waals surface area contributed by atoms with Gasteiger partial charge in [0.1, 0.15) is 0 Å². The third-order valence-electron chi connectivity index (χ3n) is 1.45. The number of hydrogen-bond acceptors (Lipinski definition) is 1. The molecular formula is C11H17N. The molecule has 66 valence electrons. The molecule has 0 atom stereocenters. The summed E-state index contributed by atoms with van der Waals surface area (Å²) in [6, 6.07) is 0. The second-order valence-corrected chi connectivity index (χ2v) is 2.80. The molecule has 0 bridgehead atoms. The number of allylic oxidation sites excluding steroid dienone is 4. The summed E-state index contributed by atoms with van der Waals surface area (Å²) >= 11 is 0. The Balaban J connectivity index is 4.54. The van der Waals surface area contributed by atoms with E-state index in [-0.39, 0.29) is 0 Å². The molecule has 0 rings (SSSR count). The van der Waals surface area contributed by atoms with E-state index in [4.69, 9.17) is 0 Å². The van der Waals surface area contributed by atoms with Gasteiger partial charge in [-0.1, -0.05) is 30.9 Å². The predicted octanol–water partition coefficient (Wildman–Crippen LogP) is 2.80. The lowest BCUT2D eigenvalue weighted by atomic mass is 10.2. The molecule has 0 fully saturated rings. The summed E-state index contributed by atoms with van der Waals surface area (Å²) in [6.45, 7) is 11.6. The summed E-state index contributed by atoms with van der Waals surface area (Å²) in [6.07, 6.45) is 5.78. The van der Waals surface area contributed by atoms with Crippen molar-refractivity contribution in [3.8, 4) is 0 Å². The van der Waals surface area contributed by atoms with Crippen LogP contribution in [-0.4, -0.2) is 7.05 Å². The maximum Gasteiger partial charge on any atom is 0.0404 e. The summed E-state index contributed by atoms with van der Waals surface area (Å²) in [5.41, 5.74) is 3.18. The molecule has 1 nitrogen and oxygen atoms in total. The minimum atomic E-state index is 0.912. The van der Waals surface area contributed by atoms with E-state index in [0.29, 0.717) is 0 Å². The largest absolute Gasteiger partial charge is 0.388 e. The average molecular weight is 163 g/mol. The van der Waals surface area contributed by atoms with E-state index >= 15 is 0 Å². The van der Waals surface area contributed by atoms with Crippen molar-refractivity contribution >= 4 is 0 Å². The van der Waals surface area contributed by atoms with Gasteiger partial charge in [-0.05, 0) is 25.5 Å². The van der Waals surface area contributed by atoms with E-state index in [9.17, 15) is 0 Å². The highest BCUT2D eigenvalue weighted by molar-refractivity contribution is 5.37. The van der Waals surface area contributed by atoms with Crippen LogP contribution in [0.15, 0.2) is 48.2 Å². The lowest BCUT2D eigenvalue weighted by Gasteiger charge is -2.04. The highest BCUT2D eigenvalue weighted by atomic mass is 14.8. The van der Waals surface area contributed by atoms with Gasteiger partial charge in [0, 0.05) is 12.7 Å². The zero-order valence-corrected chi connectivity index (χ0v) is 8.15. The molecule has 0 unspecified atom stereocenters. The molecule has 0 aromatic heterocycles. The zero-order valence-electron chi connectivity index (χ0n) is 8.15. The number of hydrogen-bond donors (Lipinski definition) is 1. The number of likely N-dealkylation sites (N-methyl/N-ethyl adjacent to an activating group) is 1. The Labute approximate surface area is 75.2 Å². The van der Waals surface area contributed by atoms with Gasteiger partial charge in [-0.3, -0.25) is 0 Å². The molecule has 0 saturated carbocycles. The molecule has 0 heterocycles. The van der Waals surface area contributed by atoms with Gasteiger partial charge < -0.3 is 5.32 Å². The Morgan fingerprint density at radius 1 is 1.25 bits per heavy atom. The fraction of sp³-hybridized carbons (Fsp3) is 0.273. The minimum absolute atomic E-state index is 0.912. The monoisotopic (exact) mass is 163 g/mol. The molecule has 1 N–H and O–H groups in total. The minimum Gasteiger partial charge on any atom is -0.388 e. The van der Waals surface area contributed by atoms with E-state index in [0.717, 1.165) is 11.3 Å². The molecule has 0 spiro atoms. The van der Waals surface area contributed by atoms with Crippen LogP contribution in [0.3, 0.4) is 0 Å². The fourth-order valence-electron chi connectivity index (χ4n) is 0.711. The van der Waals surface area contributed by atoms with Crippen molar-refractivity contribution in [1.82, 2.24) is 5.32 Å². The summed E-state index contributed by atoms with van der Waals surface area (Å²) in [5, 5.41) is 3.05. The lowest BCUT2D eigenvalue weighted by Crippen LogP contribution is -2.06. The van der Waals surface area contributed by atoms with Gasteiger partial charge in [0.15, 0.2) is 0 Å². The molecule has 0 aliphatic heterocycles. The van der Waals surface area contributed by atoms with Crippen molar-refractivity contribution in [3.63, 3.8) is 0 Å². The number of rotatable bonds is 4. The van der Waals surface area contributed by atoms with E-state index in [1.807, 2.05) is 19.2 Å². The lowest BCUT2D eigenvalue weighted by molar-refractivity contribution is 1.02. The van der Waals surface area contributed by atoms with Crippen LogP contribution in [0.2, 0.25) is 0 Å². The van der Waals surface area contributed by atoms with Crippen LogP contribution in [0.5, 0.6) is 0 Å². The Morgan fingerprint density at radius 3 is 2.17 bits per heavy atom.